The number of aliphatic hydroxyl groups excluding tert-OH is 2. The zero-order valence-electron chi connectivity index (χ0n) is 16.0. The molecule has 5 nitrogen and oxygen atoms in total. The Bertz CT molecular complexity index is 420. The van der Waals surface area contributed by atoms with Crippen molar-refractivity contribution >= 4 is 10.1 Å². The molecule has 0 aromatic carbocycles. The molecule has 0 heterocycles. The number of hydrogen-bond donors (Lipinski definition) is 2. The molecule has 150 valence electrons. The smallest absolute Gasteiger partial charge is 0.264 e. The summed E-state index contributed by atoms with van der Waals surface area (Å²) in [5.41, 5.74) is 0. The lowest BCUT2D eigenvalue weighted by molar-refractivity contribution is 0.0183. The van der Waals surface area contributed by atoms with E-state index in [0.29, 0.717) is 0 Å². The van der Waals surface area contributed by atoms with Crippen LogP contribution < -0.4 is 0 Å². The van der Waals surface area contributed by atoms with Gasteiger partial charge in [0.25, 0.3) is 10.1 Å². The molecular weight excluding hydrogens is 340 g/mol. The van der Waals surface area contributed by atoms with Crippen LogP contribution >= 0.6 is 0 Å². The Morgan fingerprint density at radius 2 is 1.36 bits per heavy atom. The fraction of sp³-hybridized carbons (Fsp3) is 0.895. The first-order chi connectivity index (χ1) is 11.9. The lowest BCUT2D eigenvalue weighted by atomic mass is 10.1. The largest absolute Gasteiger partial charge is 0.388 e. The van der Waals surface area contributed by atoms with Crippen LogP contribution in [0.25, 0.3) is 0 Å². The van der Waals surface area contributed by atoms with Gasteiger partial charge < -0.3 is 10.2 Å². The van der Waals surface area contributed by atoms with Gasteiger partial charge in [0, 0.05) is 0 Å². The van der Waals surface area contributed by atoms with Gasteiger partial charge in [-0.05, 0) is 12.8 Å². The molecule has 6 heteroatoms. The molecular formula is C19H38O5S. The quantitative estimate of drug-likeness (QED) is 0.227. The number of allylic oxidation sites excluding steroid dienone is 1. The van der Waals surface area contributed by atoms with E-state index in [2.05, 4.69) is 11.1 Å². The van der Waals surface area contributed by atoms with Gasteiger partial charge in [0.05, 0.1) is 12.9 Å². The van der Waals surface area contributed by atoms with E-state index < -0.39 is 28.9 Å². The minimum Gasteiger partial charge on any atom is -0.388 e. The Morgan fingerprint density at radius 3 is 1.84 bits per heavy atom. The molecule has 0 aliphatic rings. The lowest BCUT2D eigenvalue weighted by Gasteiger charge is -2.13. The topological polar surface area (TPSA) is 83.8 Å². The molecule has 0 amide bonds. The maximum absolute atomic E-state index is 10.8. The van der Waals surface area contributed by atoms with Gasteiger partial charge in [0.15, 0.2) is 0 Å². The summed E-state index contributed by atoms with van der Waals surface area (Å²) in [6.45, 7) is 1.81. The van der Waals surface area contributed by atoms with E-state index in [1.807, 2.05) is 6.08 Å². The predicted octanol–water partition coefficient (Wildman–Crippen LogP) is 3.94. The van der Waals surface area contributed by atoms with Crippen molar-refractivity contribution < 1.29 is 22.8 Å². The second-order valence-corrected chi connectivity index (χ2v) is 8.44. The number of unbranched alkanes of at least 4 members (excludes halogenated alkanes) is 11. The summed E-state index contributed by atoms with van der Waals surface area (Å²) in [6, 6.07) is 0. The summed E-state index contributed by atoms with van der Waals surface area (Å²) < 4.78 is 26.1. The molecule has 2 atom stereocenters. The molecule has 2 unspecified atom stereocenters. The van der Waals surface area contributed by atoms with Crippen molar-refractivity contribution in [2.75, 3.05) is 12.9 Å². The van der Waals surface area contributed by atoms with Gasteiger partial charge in [-0.2, -0.15) is 8.42 Å². The van der Waals surface area contributed by atoms with E-state index in [1.54, 1.807) is 0 Å². The highest BCUT2D eigenvalue weighted by atomic mass is 32.2. The van der Waals surface area contributed by atoms with Crippen LogP contribution in [0.1, 0.15) is 84.0 Å². The highest BCUT2D eigenvalue weighted by molar-refractivity contribution is 7.85. The fourth-order valence-corrected chi connectivity index (χ4v) is 2.97. The monoisotopic (exact) mass is 378 g/mol. The normalized spacial score (nSPS) is 14.9. The molecule has 0 saturated carbocycles. The second-order valence-electron chi connectivity index (χ2n) is 6.80. The molecule has 0 radical (unpaired) electrons. The first-order valence-corrected chi connectivity index (χ1v) is 11.6. The van der Waals surface area contributed by atoms with Crippen LogP contribution in [0, 0.1) is 0 Å². The van der Waals surface area contributed by atoms with Gasteiger partial charge in [-0.25, -0.2) is 0 Å². The molecule has 0 aromatic rings. The SMILES string of the molecule is CCCCCCCCCCCCC/C=C/C(O)C(O)COS(C)(=O)=O. The Morgan fingerprint density at radius 1 is 0.880 bits per heavy atom. The van der Waals surface area contributed by atoms with Crippen molar-refractivity contribution in [2.45, 2.75) is 96.2 Å². The van der Waals surface area contributed by atoms with Crippen molar-refractivity contribution in [2.24, 2.45) is 0 Å². The van der Waals surface area contributed by atoms with E-state index in [1.165, 1.54) is 70.3 Å². The van der Waals surface area contributed by atoms with Crippen molar-refractivity contribution in [1.82, 2.24) is 0 Å². The number of aliphatic hydroxyl groups is 2. The molecule has 0 bridgehead atoms. The molecule has 0 saturated heterocycles. The zero-order chi connectivity index (χ0) is 19.0. The van der Waals surface area contributed by atoms with Crippen molar-refractivity contribution in [3.05, 3.63) is 12.2 Å². The minimum atomic E-state index is -3.60. The Hall–Kier alpha value is -0.430. The molecule has 0 fully saturated rings. The van der Waals surface area contributed by atoms with Gasteiger partial charge in [0.1, 0.15) is 12.2 Å². The van der Waals surface area contributed by atoms with E-state index in [4.69, 9.17) is 0 Å². The van der Waals surface area contributed by atoms with Gasteiger partial charge in [0.2, 0.25) is 0 Å². The van der Waals surface area contributed by atoms with Crippen LogP contribution in [0.15, 0.2) is 12.2 Å². The van der Waals surface area contributed by atoms with E-state index >= 15 is 0 Å². The molecule has 0 rings (SSSR count). The number of hydrogen-bond acceptors (Lipinski definition) is 5. The van der Waals surface area contributed by atoms with Crippen LogP contribution in [-0.2, 0) is 14.3 Å². The van der Waals surface area contributed by atoms with Crippen LogP contribution in [0.4, 0.5) is 0 Å². The summed E-state index contributed by atoms with van der Waals surface area (Å²) in [5, 5.41) is 19.3. The zero-order valence-corrected chi connectivity index (χ0v) is 16.8. The molecule has 0 aliphatic carbocycles. The van der Waals surface area contributed by atoms with E-state index in [9.17, 15) is 18.6 Å². The maximum Gasteiger partial charge on any atom is 0.264 e. The van der Waals surface area contributed by atoms with Crippen molar-refractivity contribution in [3.8, 4) is 0 Å². The summed E-state index contributed by atoms with van der Waals surface area (Å²) in [5.74, 6) is 0. The molecule has 0 aromatic heterocycles. The first kappa shape index (κ1) is 24.6. The van der Waals surface area contributed by atoms with Crippen molar-refractivity contribution in [3.63, 3.8) is 0 Å². The average molecular weight is 379 g/mol. The Balaban J connectivity index is 3.47. The second kappa shape index (κ2) is 15.8. The summed E-state index contributed by atoms with van der Waals surface area (Å²) >= 11 is 0. The molecule has 25 heavy (non-hydrogen) atoms. The minimum absolute atomic E-state index is 0.428. The number of rotatable bonds is 17. The lowest BCUT2D eigenvalue weighted by Crippen LogP contribution is -2.29. The predicted molar refractivity (Wildman–Crippen MR) is 103 cm³/mol. The highest BCUT2D eigenvalue weighted by Gasteiger charge is 2.15. The van der Waals surface area contributed by atoms with Crippen LogP contribution in [-0.4, -0.2) is 43.7 Å². The third-order valence-electron chi connectivity index (χ3n) is 4.15. The maximum atomic E-state index is 10.8. The Labute approximate surface area is 154 Å². The van der Waals surface area contributed by atoms with Gasteiger partial charge in [-0.1, -0.05) is 83.3 Å². The summed E-state index contributed by atoms with van der Waals surface area (Å²) in [7, 11) is -3.60. The van der Waals surface area contributed by atoms with Gasteiger partial charge in [-0.15, -0.1) is 0 Å². The van der Waals surface area contributed by atoms with E-state index in [0.717, 1.165) is 19.1 Å². The molecule has 0 spiro atoms. The average Bonchev–Trinajstić information content (AvgIpc) is 2.56. The Kier molecular flexibility index (Phi) is 15.5. The highest BCUT2D eigenvalue weighted by Crippen LogP contribution is 2.12. The molecule has 0 aliphatic heterocycles. The summed E-state index contributed by atoms with van der Waals surface area (Å²) in [4.78, 5) is 0. The third kappa shape index (κ3) is 18.2. The summed E-state index contributed by atoms with van der Waals surface area (Å²) in [6.07, 6.45) is 17.0. The van der Waals surface area contributed by atoms with Crippen LogP contribution in [0.5, 0.6) is 0 Å². The van der Waals surface area contributed by atoms with Gasteiger partial charge in [-0.3, -0.25) is 4.18 Å². The van der Waals surface area contributed by atoms with E-state index in [-0.39, 0.29) is 0 Å². The van der Waals surface area contributed by atoms with Crippen molar-refractivity contribution in [1.29, 1.82) is 0 Å². The standard InChI is InChI=1S/C19H38O5S/c1-3-4-5-6-7-8-9-10-11-12-13-14-15-16-18(20)19(21)17-24-25(2,22)23/h15-16,18-21H,3-14,17H2,1-2H3/b16-15+. The fourth-order valence-electron chi connectivity index (χ4n) is 2.58. The third-order valence-corrected chi connectivity index (χ3v) is 4.72. The first-order valence-electron chi connectivity index (χ1n) is 9.74. The van der Waals surface area contributed by atoms with Gasteiger partial charge >= 0.3 is 0 Å². The van der Waals surface area contributed by atoms with Crippen LogP contribution in [0.2, 0.25) is 0 Å². The molecule has 2 N–H and O–H groups in total. The van der Waals surface area contributed by atoms with Crippen LogP contribution in [0.3, 0.4) is 0 Å².